The van der Waals surface area contributed by atoms with Crippen molar-refractivity contribution in [2.45, 2.75) is 109 Å². The van der Waals surface area contributed by atoms with Gasteiger partial charge in [0, 0.05) is 0 Å². The molecule has 39 heavy (non-hydrogen) atoms. The Balaban J connectivity index is 1.33. The minimum atomic E-state index is -3.71. The number of benzene rings is 2. The summed E-state index contributed by atoms with van der Waals surface area (Å²) in [6.07, 6.45) is 15.4. The number of ether oxygens (including phenoxy) is 1. The van der Waals surface area contributed by atoms with Crippen LogP contribution in [0.4, 0.5) is 13.2 Å². The highest BCUT2D eigenvalue weighted by Gasteiger charge is 2.38. The van der Waals surface area contributed by atoms with Crippen molar-refractivity contribution < 1.29 is 17.9 Å². The summed E-state index contributed by atoms with van der Waals surface area (Å²) in [7, 11) is 0. The molecule has 1 unspecified atom stereocenters. The first kappa shape index (κ1) is 29.6. The van der Waals surface area contributed by atoms with Crippen LogP contribution in [0.25, 0.3) is 0 Å². The van der Waals surface area contributed by atoms with Crippen molar-refractivity contribution in [2.75, 3.05) is 0 Å². The minimum Gasteiger partial charge on any atom is -0.309 e. The van der Waals surface area contributed by atoms with E-state index in [1.807, 2.05) is 19.1 Å². The fourth-order valence-corrected chi connectivity index (χ4v) is 6.61. The lowest BCUT2D eigenvalue weighted by atomic mass is 9.77. The molecule has 1 nitrogen and oxygen atoms in total. The second-order valence-electron chi connectivity index (χ2n) is 11.7. The third kappa shape index (κ3) is 7.87. The molecule has 4 heteroatoms. The van der Waals surface area contributed by atoms with Gasteiger partial charge in [-0.1, -0.05) is 54.6 Å². The Morgan fingerprint density at radius 2 is 1.46 bits per heavy atom. The van der Waals surface area contributed by atoms with Crippen LogP contribution in [0, 0.1) is 17.7 Å². The third-order valence-electron chi connectivity index (χ3n) is 9.04. The van der Waals surface area contributed by atoms with E-state index in [9.17, 15) is 4.39 Å². The van der Waals surface area contributed by atoms with Gasteiger partial charge < -0.3 is 4.74 Å². The summed E-state index contributed by atoms with van der Waals surface area (Å²) in [6, 6.07) is 12.0. The highest BCUT2D eigenvalue weighted by molar-refractivity contribution is 5.30. The number of halogens is 3. The van der Waals surface area contributed by atoms with E-state index >= 15 is 8.78 Å². The molecule has 2 aromatic carbocycles. The fourth-order valence-electron chi connectivity index (χ4n) is 6.61. The monoisotopic (exact) mass is 538 g/mol. The van der Waals surface area contributed by atoms with E-state index in [1.54, 1.807) is 13.0 Å². The van der Waals surface area contributed by atoms with Gasteiger partial charge in [-0.25, -0.2) is 4.39 Å². The van der Waals surface area contributed by atoms with Gasteiger partial charge in [-0.15, -0.1) is 0 Å². The molecule has 0 aliphatic heterocycles. The second-order valence-corrected chi connectivity index (χ2v) is 11.7. The zero-order valence-electron chi connectivity index (χ0n) is 23.9. The van der Waals surface area contributed by atoms with Gasteiger partial charge in [0.15, 0.2) is 0 Å². The number of hydrogen-bond acceptors (Lipinski definition) is 1. The van der Waals surface area contributed by atoms with E-state index in [0.717, 1.165) is 43.6 Å². The topological polar surface area (TPSA) is 9.23 Å². The fraction of sp³-hybridized carbons (Fsp3) is 0.543. The van der Waals surface area contributed by atoms with Crippen LogP contribution >= 0.6 is 0 Å². The Labute approximate surface area is 233 Å². The summed E-state index contributed by atoms with van der Waals surface area (Å²) >= 11 is 0. The number of allylic oxidation sites excluding steroid dienone is 4. The van der Waals surface area contributed by atoms with Crippen molar-refractivity contribution in [3.05, 3.63) is 94.8 Å². The molecule has 2 aliphatic rings. The normalized spacial score (nSPS) is 25.4. The molecule has 2 fully saturated rings. The van der Waals surface area contributed by atoms with Crippen LogP contribution in [0.1, 0.15) is 125 Å². The molecule has 0 radical (unpaired) electrons. The number of rotatable bonds is 10. The average Bonchev–Trinajstić information content (AvgIpc) is 2.94. The van der Waals surface area contributed by atoms with E-state index in [4.69, 9.17) is 4.74 Å². The first-order chi connectivity index (χ1) is 18.8. The molecule has 0 spiro atoms. The Bertz CT molecular complexity index is 1090. The van der Waals surface area contributed by atoms with Crippen LogP contribution in [-0.2, 0) is 10.8 Å². The average molecular weight is 539 g/mol. The zero-order chi connectivity index (χ0) is 27.8. The van der Waals surface area contributed by atoms with Crippen LogP contribution in [0.2, 0.25) is 0 Å². The van der Waals surface area contributed by atoms with Crippen molar-refractivity contribution in [1.82, 2.24) is 0 Å². The highest BCUT2D eigenvalue weighted by atomic mass is 19.3. The molecule has 2 aliphatic carbocycles. The molecule has 1 atom stereocenters. The molecular weight excluding hydrogens is 493 g/mol. The van der Waals surface area contributed by atoms with Gasteiger partial charge in [0.2, 0.25) is 0 Å². The summed E-state index contributed by atoms with van der Waals surface area (Å²) in [4.78, 5) is 0. The van der Waals surface area contributed by atoms with E-state index in [2.05, 4.69) is 43.4 Å². The van der Waals surface area contributed by atoms with Crippen LogP contribution in [0.3, 0.4) is 0 Å². The first-order valence-corrected chi connectivity index (χ1v) is 15.0. The van der Waals surface area contributed by atoms with Crippen molar-refractivity contribution in [3.63, 3.8) is 0 Å². The molecule has 0 bridgehead atoms. The van der Waals surface area contributed by atoms with Gasteiger partial charge in [0.25, 0.3) is 0 Å². The lowest BCUT2D eigenvalue weighted by Crippen LogP contribution is -2.22. The second kappa shape index (κ2) is 13.8. The van der Waals surface area contributed by atoms with Gasteiger partial charge in [-0.2, -0.15) is 8.78 Å². The summed E-state index contributed by atoms with van der Waals surface area (Å²) < 4.78 is 50.3. The van der Waals surface area contributed by atoms with Crippen LogP contribution in [-0.4, -0.2) is 0 Å². The van der Waals surface area contributed by atoms with Gasteiger partial charge in [-0.05, 0) is 137 Å². The Hall–Kier alpha value is -2.33. The van der Waals surface area contributed by atoms with Crippen molar-refractivity contribution in [1.29, 1.82) is 0 Å². The molecular formula is C35H45F3O. The van der Waals surface area contributed by atoms with E-state index in [0.29, 0.717) is 17.4 Å². The predicted molar refractivity (Wildman–Crippen MR) is 154 cm³/mol. The van der Waals surface area contributed by atoms with Crippen molar-refractivity contribution in [3.8, 4) is 0 Å². The smallest absolute Gasteiger partial charge is 0.309 e. The highest BCUT2D eigenvalue weighted by Crippen LogP contribution is 2.41. The summed E-state index contributed by atoms with van der Waals surface area (Å²) in [6.45, 7) is 5.70. The van der Waals surface area contributed by atoms with Crippen molar-refractivity contribution in [2.24, 2.45) is 11.8 Å². The maximum absolute atomic E-state index is 15.1. The molecule has 0 heterocycles. The third-order valence-corrected chi connectivity index (χ3v) is 9.04. The lowest BCUT2D eigenvalue weighted by molar-refractivity contribution is -0.273. The molecule has 0 saturated heterocycles. The first-order valence-electron chi connectivity index (χ1n) is 15.0. The van der Waals surface area contributed by atoms with Gasteiger partial charge >= 0.3 is 6.11 Å². The van der Waals surface area contributed by atoms with Crippen LogP contribution in [0.5, 0.6) is 0 Å². The maximum Gasteiger partial charge on any atom is 0.386 e. The Morgan fingerprint density at radius 1 is 0.846 bits per heavy atom. The molecule has 0 amide bonds. The number of alkyl halides is 2. The summed E-state index contributed by atoms with van der Waals surface area (Å²) in [5.74, 6) is 1.23. The molecule has 4 rings (SSSR count). The molecule has 2 aromatic rings. The predicted octanol–water partition coefficient (Wildman–Crippen LogP) is 11.1. The molecule has 0 aromatic heterocycles. The lowest BCUT2D eigenvalue weighted by Gasteiger charge is -2.29. The number of hydrogen-bond donors (Lipinski definition) is 0. The Morgan fingerprint density at radius 3 is 2.08 bits per heavy atom. The van der Waals surface area contributed by atoms with E-state index in [-0.39, 0.29) is 5.92 Å². The van der Waals surface area contributed by atoms with Gasteiger partial charge in [-0.3, -0.25) is 0 Å². The van der Waals surface area contributed by atoms with E-state index < -0.39 is 23.6 Å². The van der Waals surface area contributed by atoms with Crippen LogP contribution in [0.15, 0.2) is 66.8 Å². The SMILES string of the molecule is C/C=C/CCC1CCC(c2ccc(C(C)OC(F)(F)c3ccc(C4CCC(/C=C/C)CC4)cc3F)cc2)CC1. The van der Waals surface area contributed by atoms with E-state index in [1.165, 1.54) is 49.8 Å². The standard InChI is InChI=1S/C35H45F3O/c1-4-6-7-9-27-12-14-29(15-13-27)30-20-18-28(19-21-30)25(3)39-35(37,38)33-23-22-32(24-34(33)36)31-16-10-26(8-5-2)11-17-31/h4-6,8,18-27,29,31H,7,9-17H2,1-3H3/b6-4+,8-5+. The largest absolute Gasteiger partial charge is 0.386 e. The minimum absolute atomic E-state index is 0.218. The van der Waals surface area contributed by atoms with Gasteiger partial charge in [0.1, 0.15) is 5.82 Å². The molecule has 2 saturated carbocycles. The molecule has 0 N–H and O–H groups in total. The summed E-state index contributed by atoms with van der Waals surface area (Å²) in [5, 5.41) is 0. The zero-order valence-corrected chi connectivity index (χ0v) is 23.9. The molecule has 212 valence electrons. The quantitative estimate of drug-likeness (QED) is 0.273. The van der Waals surface area contributed by atoms with Gasteiger partial charge in [0.05, 0.1) is 11.7 Å². The van der Waals surface area contributed by atoms with Crippen LogP contribution < -0.4 is 0 Å². The Kier molecular flexibility index (Phi) is 10.5. The maximum atomic E-state index is 15.1. The van der Waals surface area contributed by atoms with Crippen molar-refractivity contribution >= 4 is 0 Å². The summed E-state index contributed by atoms with van der Waals surface area (Å²) in [5.41, 5.74) is 2.06.